The molecule has 0 bridgehead atoms. The molecule has 3 aromatic rings. The zero-order valence-corrected chi connectivity index (χ0v) is 14.8. The molecule has 0 spiro atoms. The fraction of sp³-hybridized carbons (Fsp3) is 0.294. The molecule has 0 fully saturated rings. The first-order valence-corrected chi connectivity index (χ1v) is 8.18. The molecule has 3 heterocycles. The van der Waals surface area contributed by atoms with E-state index in [1.54, 1.807) is 43.0 Å². The van der Waals surface area contributed by atoms with E-state index in [2.05, 4.69) is 20.8 Å². The van der Waals surface area contributed by atoms with Gasteiger partial charge in [-0.2, -0.15) is 10.2 Å². The standard InChI is InChI=1S/C17H20N6O3/c1-4-23-10-13(19-16(24)14-8-11(2)20-22(14)3)15(21-23)17(25)18-9-12-6-5-7-26-12/h5-8,10H,4,9H2,1-3H3,(H,18,25)(H,19,24). The van der Waals surface area contributed by atoms with Crippen LogP contribution in [0.5, 0.6) is 0 Å². The molecule has 0 aliphatic carbocycles. The minimum atomic E-state index is -0.398. The third kappa shape index (κ3) is 3.66. The number of hydrogen-bond acceptors (Lipinski definition) is 5. The summed E-state index contributed by atoms with van der Waals surface area (Å²) in [6.07, 6.45) is 3.16. The highest BCUT2D eigenvalue weighted by atomic mass is 16.3. The fourth-order valence-corrected chi connectivity index (χ4v) is 2.52. The smallest absolute Gasteiger partial charge is 0.274 e. The van der Waals surface area contributed by atoms with Gasteiger partial charge in [0.05, 0.1) is 24.2 Å². The van der Waals surface area contributed by atoms with Gasteiger partial charge in [-0.3, -0.25) is 19.0 Å². The molecule has 0 saturated carbocycles. The lowest BCUT2D eigenvalue weighted by molar-refractivity contribution is 0.0943. The van der Waals surface area contributed by atoms with Crippen LogP contribution in [0.2, 0.25) is 0 Å². The van der Waals surface area contributed by atoms with Crippen molar-refractivity contribution in [1.29, 1.82) is 0 Å². The third-order valence-electron chi connectivity index (χ3n) is 3.79. The van der Waals surface area contributed by atoms with E-state index in [1.165, 1.54) is 10.9 Å². The number of carbonyl (C=O) groups is 2. The van der Waals surface area contributed by atoms with Crippen LogP contribution in [0.25, 0.3) is 0 Å². The van der Waals surface area contributed by atoms with Gasteiger partial charge in [-0.25, -0.2) is 0 Å². The van der Waals surface area contributed by atoms with Gasteiger partial charge in [-0.15, -0.1) is 0 Å². The summed E-state index contributed by atoms with van der Waals surface area (Å²) < 4.78 is 8.28. The maximum Gasteiger partial charge on any atom is 0.274 e. The Balaban J connectivity index is 1.78. The van der Waals surface area contributed by atoms with Crippen molar-refractivity contribution in [2.24, 2.45) is 7.05 Å². The quantitative estimate of drug-likeness (QED) is 0.699. The maximum atomic E-state index is 12.5. The lowest BCUT2D eigenvalue weighted by atomic mass is 10.3. The summed E-state index contributed by atoms with van der Waals surface area (Å²) in [6.45, 7) is 4.51. The predicted molar refractivity (Wildman–Crippen MR) is 93.7 cm³/mol. The number of aromatic nitrogens is 4. The van der Waals surface area contributed by atoms with Crippen molar-refractivity contribution in [3.8, 4) is 0 Å². The molecule has 0 radical (unpaired) electrons. The number of nitrogens with zero attached hydrogens (tertiary/aromatic N) is 4. The lowest BCUT2D eigenvalue weighted by Crippen LogP contribution is -2.25. The van der Waals surface area contributed by atoms with Crippen LogP contribution in [0, 0.1) is 6.92 Å². The van der Waals surface area contributed by atoms with Gasteiger partial charge >= 0.3 is 0 Å². The van der Waals surface area contributed by atoms with Crippen LogP contribution >= 0.6 is 0 Å². The summed E-state index contributed by atoms with van der Waals surface area (Å²) in [4.78, 5) is 25.0. The Morgan fingerprint density at radius 2 is 2.08 bits per heavy atom. The second kappa shape index (κ2) is 7.26. The molecule has 2 N–H and O–H groups in total. The van der Waals surface area contributed by atoms with Gasteiger partial charge in [0.2, 0.25) is 0 Å². The van der Waals surface area contributed by atoms with Gasteiger partial charge in [0, 0.05) is 19.8 Å². The van der Waals surface area contributed by atoms with Crippen LogP contribution in [0.15, 0.2) is 35.1 Å². The van der Waals surface area contributed by atoms with Gasteiger partial charge in [0.15, 0.2) is 5.69 Å². The number of amides is 2. The summed E-state index contributed by atoms with van der Waals surface area (Å²) >= 11 is 0. The van der Waals surface area contributed by atoms with Crippen molar-refractivity contribution < 1.29 is 14.0 Å². The molecule has 0 aliphatic heterocycles. The molecule has 0 aliphatic rings. The Morgan fingerprint density at radius 3 is 2.69 bits per heavy atom. The van der Waals surface area contributed by atoms with E-state index >= 15 is 0 Å². The normalized spacial score (nSPS) is 10.7. The van der Waals surface area contributed by atoms with Crippen LogP contribution in [0.3, 0.4) is 0 Å². The molecule has 0 atom stereocenters. The van der Waals surface area contributed by atoms with E-state index in [0.717, 1.165) is 5.69 Å². The molecule has 0 saturated heterocycles. The first-order chi connectivity index (χ1) is 12.5. The second-order valence-corrected chi connectivity index (χ2v) is 5.76. The molecular formula is C17H20N6O3. The molecule has 136 valence electrons. The van der Waals surface area contributed by atoms with Crippen LogP contribution in [0.1, 0.15) is 39.4 Å². The van der Waals surface area contributed by atoms with Gasteiger partial charge in [0.25, 0.3) is 11.8 Å². The van der Waals surface area contributed by atoms with Crippen LogP contribution < -0.4 is 10.6 Å². The van der Waals surface area contributed by atoms with Crippen LogP contribution in [-0.2, 0) is 20.1 Å². The Kier molecular flexibility index (Phi) is 4.87. The third-order valence-corrected chi connectivity index (χ3v) is 3.79. The van der Waals surface area contributed by atoms with E-state index in [0.29, 0.717) is 23.7 Å². The fourth-order valence-electron chi connectivity index (χ4n) is 2.52. The highest BCUT2D eigenvalue weighted by Crippen LogP contribution is 2.16. The Bertz CT molecular complexity index is 923. The topological polar surface area (TPSA) is 107 Å². The van der Waals surface area contributed by atoms with Crippen molar-refractivity contribution in [3.63, 3.8) is 0 Å². The van der Waals surface area contributed by atoms with Crippen molar-refractivity contribution in [3.05, 3.63) is 53.5 Å². The molecule has 3 aromatic heterocycles. The average molecular weight is 356 g/mol. The Labute approximate surface area is 150 Å². The SMILES string of the molecule is CCn1cc(NC(=O)c2cc(C)nn2C)c(C(=O)NCc2ccco2)n1. The highest BCUT2D eigenvalue weighted by Gasteiger charge is 2.20. The summed E-state index contributed by atoms with van der Waals surface area (Å²) in [5, 5.41) is 13.9. The lowest BCUT2D eigenvalue weighted by Gasteiger charge is -2.06. The van der Waals surface area contributed by atoms with Gasteiger partial charge in [0.1, 0.15) is 11.5 Å². The molecule has 9 heteroatoms. The monoisotopic (exact) mass is 356 g/mol. The van der Waals surface area contributed by atoms with Gasteiger partial charge in [-0.05, 0) is 32.0 Å². The van der Waals surface area contributed by atoms with Crippen molar-refractivity contribution in [2.45, 2.75) is 26.9 Å². The van der Waals surface area contributed by atoms with Crippen LogP contribution in [0.4, 0.5) is 5.69 Å². The minimum absolute atomic E-state index is 0.144. The number of hydrogen-bond donors (Lipinski definition) is 2. The molecule has 3 rings (SSSR count). The molecule has 0 aromatic carbocycles. The summed E-state index contributed by atoms with van der Waals surface area (Å²) in [5.74, 6) is -0.127. The number of anilines is 1. The first kappa shape index (κ1) is 17.5. The number of rotatable bonds is 6. The zero-order valence-electron chi connectivity index (χ0n) is 14.8. The second-order valence-electron chi connectivity index (χ2n) is 5.76. The number of furan rings is 1. The Hall–Kier alpha value is -3.36. The van der Waals surface area contributed by atoms with Crippen molar-refractivity contribution in [1.82, 2.24) is 24.9 Å². The van der Waals surface area contributed by atoms with E-state index in [9.17, 15) is 9.59 Å². The van der Waals surface area contributed by atoms with Crippen molar-refractivity contribution >= 4 is 17.5 Å². The van der Waals surface area contributed by atoms with Gasteiger partial charge in [-0.1, -0.05) is 0 Å². The molecule has 2 amide bonds. The van der Waals surface area contributed by atoms with Crippen LogP contribution in [-0.4, -0.2) is 31.4 Å². The van der Waals surface area contributed by atoms with E-state index < -0.39 is 5.91 Å². The van der Waals surface area contributed by atoms with Crippen molar-refractivity contribution in [2.75, 3.05) is 5.32 Å². The predicted octanol–water partition coefficient (Wildman–Crippen LogP) is 1.72. The zero-order chi connectivity index (χ0) is 18.7. The van der Waals surface area contributed by atoms with E-state index in [4.69, 9.17) is 4.42 Å². The molecule has 0 unspecified atom stereocenters. The largest absolute Gasteiger partial charge is 0.467 e. The summed E-state index contributed by atoms with van der Waals surface area (Å²) in [6, 6.07) is 5.18. The first-order valence-electron chi connectivity index (χ1n) is 8.18. The summed E-state index contributed by atoms with van der Waals surface area (Å²) in [5.41, 5.74) is 1.62. The summed E-state index contributed by atoms with van der Waals surface area (Å²) in [7, 11) is 1.69. The molecule has 9 nitrogen and oxygen atoms in total. The molecular weight excluding hydrogens is 336 g/mol. The van der Waals surface area contributed by atoms with E-state index in [-0.39, 0.29) is 18.1 Å². The number of nitrogens with one attached hydrogen (secondary N) is 2. The minimum Gasteiger partial charge on any atom is -0.467 e. The number of carbonyl (C=O) groups excluding carboxylic acids is 2. The number of aryl methyl sites for hydroxylation is 3. The van der Waals surface area contributed by atoms with Gasteiger partial charge < -0.3 is 15.1 Å². The average Bonchev–Trinajstić information content (AvgIpc) is 3.32. The maximum absolute atomic E-state index is 12.5. The molecule has 26 heavy (non-hydrogen) atoms. The Morgan fingerprint density at radius 1 is 1.27 bits per heavy atom. The highest BCUT2D eigenvalue weighted by molar-refractivity contribution is 6.07. The van der Waals surface area contributed by atoms with E-state index in [1.807, 2.05) is 6.92 Å².